The van der Waals surface area contributed by atoms with Crippen molar-refractivity contribution in [2.24, 2.45) is 0 Å². The summed E-state index contributed by atoms with van der Waals surface area (Å²) in [6.45, 7) is 1.75. The predicted octanol–water partition coefficient (Wildman–Crippen LogP) is 1.84. The Labute approximate surface area is 146 Å². The summed E-state index contributed by atoms with van der Waals surface area (Å²) in [5.74, 6) is -0.0798. The average molecular weight is 333 g/mol. The van der Waals surface area contributed by atoms with E-state index < -0.39 is 17.5 Å². The first-order chi connectivity index (χ1) is 12.1. The maximum atomic E-state index is 12.9. The normalized spacial score (nSPS) is 32.5. The number of piperazine rings is 1. The molecular weight excluding hydrogens is 314 g/mol. The lowest BCUT2D eigenvalue weighted by Gasteiger charge is -2.37. The van der Waals surface area contributed by atoms with Crippen molar-refractivity contribution in [3.8, 4) is 0 Å². The minimum atomic E-state index is -0.485. The fraction of sp³-hybridized carbons (Fsp3) is 0.300. The van der Waals surface area contributed by atoms with E-state index in [-0.39, 0.29) is 18.0 Å². The van der Waals surface area contributed by atoms with Crippen molar-refractivity contribution in [2.45, 2.75) is 37.0 Å². The minimum Gasteiger partial charge on any atom is -0.364 e. The van der Waals surface area contributed by atoms with E-state index in [1.165, 1.54) is 0 Å². The summed E-state index contributed by atoms with van der Waals surface area (Å²) in [7, 11) is 0. The molecule has 2 aromatic rings. The second-order valence-electron chi connectivity index (χ2n) is 7.13. The Bertz CT molecular complexity index is 882. The van der Waals surface area contributed by atoms with Gasteiger partial charge < -0.3 is 15.5 Å². The summed E-state index contributed by atoms with van der Waals surface area (Å²) in [6, 6.07) is 17.5. The molecule has 5 rings (SSSR count). The molecule has 0 unspecified atom stereocenters. The van der Waals surface area contributed by atoms with Crippen LogP contribution in [-0.4, -0.2) is 35.0 Å². The lowest BCUT2D eigenvalue weighted by Crippen LogP contribution is -2.63. The Morgan fingerprint density at radius 2 is 1.72 bits per heavy atom. The van der Waals surface area contributed by atoms with Crippen molar-refractivity contribution < 1.29 is 9.59 Å². The van der Waals surface area contributed by atoms with Gasteiger partial charge >= 0.3 is 0 Å². The van der Waals surface area contributed by atoms with Crippen molar-refractivity contribution in [3.63, 3.8) is 0 Å². The molecule has 0 radical (unpaired) electrons. The maximum Gasteiger partial charge on any atom is 0.247 e. The fourth-order valence-corrected chi connectivity index (χ4v) is 4.79. The van der Waals surface area contributed by atoms with E-state index in [1.54, 1.807) is 11.8 Å². The molecule has 2 aromatic carbocycles. The number of carbonyl (C=O) groups is 2. The highest BCUT2D eigenvalue weighted by molar-refractivity contribution is 5.98. The molecule has 2 saturated heterocycles. The first-order valence-corrected chi connectivity index (χ1v) is 8.67. The molecule has 0 bridgehead atoms. The van der Waals surface area contributed by atoms with Gasteiger partial charge in [-0.15, -0.1) is 0 Å². The Balaban J connectivity index is 1.75. The third kappa shape index (κ3) is 1.73. The van der Waals surface area contributed by atoms with Crippen molar-refractivity contribution in [3.05, 3.63) is 65.7 Å². The Kier molecular flexibility index (Phi) is 2.82. The second-order valence-corrected chi connectivity index (χ2v) is 7.13. The number of nitrogens with one attached hydrogen (secondary N) is 2. The molecule has 2 fully saturated rings. The molecule has 0 aliphatic carbocycles. The van der Waals surface area contributed by atoms with Crippen LogP contribution in [0.15, 0.2) is 54.6 Å². The van der Waals surface area contributed by atoms with Crippen molar-refractivity contribution in [2.75, 3.05) is 5.32 Å². The summed E-state index contributed by atoms with van der Waals surface area (Å²) in [6.07, 6.45) is 0.356. The van der Waals surface area contributed by atoms with Gasteiger partial charge in [-0.25, -0.2) is 0 Å². The zero-order chi connectivity index (χ0) is 17.2. The molecule has 3 aliphatic heterocycles. The number of amides is 2. The number of nitrogens with zero attached hydrogens (tertiary/aromatic N) is 1. The topological polar surface area (TPSA) is 61.4 Å². The van der Waals surface area contributed by atoms with Crippen LogP contribution < -0.4 is 10.6 Å². The van der Waals surface area contributed by atoms with E-state index in [0.717, 1.165) is 16.8 Å². The lowest BCUT2D eigenvalue weighted by atomic mass is 9.72. The maximum absolute atomic E-state index is 12.9. The molecule has 0 saturated carbocycles. The average Bonchev–Trinajstić information content (AvgIpc) is 3.13. The van der Waals surface area contributed by atoms with E-state index in [0.29, 0.717) is 6.42 Å². The quantitative estimate of drug-likeness (QED) is 0.837. The van der Waals surface area contributed by atoms with Crippen LogP contribution in [0.4, 0.5) is 5.69 Å². The first-order valence-electron chi connectivity index (χ1n) is 8.67. The highest BCUT2D eigenvalue weighted by Gasteiger charge is 2.63. The summed E-state index contributed by atoms with van der Waals surface area (Å²) >= 11 is 0. The molecule has 2 N–H and O–H groups in total. The molecule has 5 heteroatoms. The van der Waals surface area contributed by atoms with Crippen LogP contribution in [-0.2, 0) is 15.0 Å². The fourth-order valence-electron chi connectivity index (χ4n) is 4.79. The Hall–Kier alpha value is -2.82. The van der Waals surface area contributed by atoms with Crippen LogP contribution >= 0.6 is 0 Å². The zero-order valence-corrected chi connectivity index (χ0v) is 13.9. The molecule has 25 heavy (non-hydrogen) atoms. The van der Waals surface area contributed by atoms with Gasteiger partial charge in [0.25, 0.3) is 0 Å². The Morgan fingerprint density at radius 1 is 1.00 bits per heavy atom. The van der Waals surface area contributed by atoms with Crippen LogP contribution in [0.1, 0.15) is 24.5 Å². The molecule has 2 amide bonds. The number of hydrogen-bond donors (Lipinski definition) is 2. The number of benzene rings is 2. The van der Waals surface area contributed by atoms with Gasteiger partial charge in [-0.3, -0.25) is 9.59 Å². The van der Waals surface area contributed by atoms with Gasteiger partial charge in [0.1, 0.15) is 18.2 Å². The van der Waals surface area contributed by atoms with Gasteiger partial charge in [0.05, 0.1) is 5.41 Å². The highest BCUT2D eigenvalue weighted by atomic mass is 16.2. The van der Waals surface area contributed by atoms with Crippen molar-refractivity contribution >= 4 is 17.5 Å². The highest BCUT2D eigenvalue weighted by Crippen LogP contribution is 2.55. The van der Waals surface area contributed by atoms with Crippen molar-refractivity contribution in [1.29, 1.82) is 0 Å². The van der Waals surface area contributed by atoms with Gasteiger partial charge in [-0.1, -0.05) is 48.5 Å². The van der Waals surface area contributed by atoms with Crippen molar-refractivity contribution in [1.82, 2.24) is 10.2 Å². The van der Waals surface area contributed by atoms with Crippen LogP contribution in [0.5, 0.6) is 0 Å². The molecule has 5 nitrogen and oxygen atoms in total. The number of hydrogen-bond acceptors (Lipinski definition) is 3. The Morgan fingerprint density at radius 3 is 2.52 bits per heavy atom. The van der Waals surface area contributed by atoms with Gasteiger partial charge in [0.2, 0.25) is 11.8 Å². The zero-order valence-electron chi connectivity index (χ0n) is 13.9. The SMILES string of the molecule is C[C@@H]1NC(=O)[C@H]2C[C@@]3(c4ccccc4)c4ccccc4N[C@H]3N2C1=O. The van der Waals surface area contributed by atoms with E-state index in [9.17, 15) is 9.59 Å². The monoisotopic (exact) mass is 333 g/mol. The molecule has 0 aromatic heterocycles. The third-order valence-electron chi connectivity index (χ3n) is 5.87. The largest absolute Gasteiger partial charge is 0.364 e. The standard InChI is InChI=1S/C20H19N3O2/c1-12-18(25)23-16(17(24)21-12)11-20(13-7-3-2-4-8-13)14-9-5-6-10-15(14)22-19(20)23/h2-10,12,16,19,22H,11H2,1H3,(H,21,24)/t12-,16+,19-,20+/m0/s1. The van der Waals surface area contributed by atoms with Gasteiger partial charge in [-0.2, -0.15) is 0 Å². The van der Waals surface area contributed by atoms with E-state index in [4.69, 9.17) is 0 Å². The summed E-state index contributed by atoms with van der Waals surface area (Å²) < 4.78 is 0. The van der Waals surface area contributed by atoms with Crippen LogP contribution in [0.3, 0.4) is 0 Å². The summed E-state index contributed by atoms with van der Waals surface area (Å²) in [4.78, 5) is 27.3. The number of fused-ring (bicyclic) bond motifs is 5. The van der Waals surface area contributed by atoms with Gasteiger partial charge in [-0.05, 0) is 30.5 Å². The number of rotatable bonds is 1. The molecule has 4 atom stereocenters. The third-order valence-corrected chi connectivity index (χ3v) is 5.87. The molecular formula is C20H19N3O2. The van der Waals surface area contributed by atoms with Gasteiger partial charge in [0.15, 0.2) is 0 Å². The molecule has 126 valence electrons. The smallest absolute Gasteiger partial charge is 0.247 e. The lowest BCUT2D eigenvalue weighted by molar-refractivity contribution is -0.148. The molecule has 3 heterocycles. The van der Waals surface area contributed by atoms with E-state index in [1.807, 2.05) is 36.4 Å². The molecule has 0 spiro atoms. The number of para-hydroxylation sites is 1. The van der Waals surface area contributed by atoms with E-state index >= 15 is 0 Å². The predicted molar refractivity (Wildman–Crippen MR) is 93.9 cm³/mol. The number of carbonyl (C=O) groups excluding carboxylic acids is 2. The van der Waals surface area contributed by atoms with Crippen LogP contribution in [0.25, 0.3) is 0 Å². The summed E-state index contributed by atoms with van der Waals surface area (Å²) in [5.41, 5.74) is 2.94. The summed E-state index contributed by atoms with van der Waals surface area (Å²) in [5, 5.41) is 6.36. The second kappa shape index (κ2) is 4.85. The van der Waals surface area contributed by atoms with E-state index in [2.05, 4.69) is 28.8 Å². The van der Waals surface area contributed by atoms with Gasteiger partial charge in [0, 0.05) is 5.69 Å². The number of anilines is 1. The molecule has 3 aliphatic rings. The first kappa shape index (κ1) is 14.5. The van der Waals surface area contributed by atoms with Crippen LogP contribution in [0.2, 0.25) is 0 Å². The minimum absolute atomic E-state index is 0.0206. The van der Waals surface area contributed by atoms with Crippen LogP contribution in [0, 0.1) is 0 Å².